The number of fused-ring (bicyclic) bond motifs is 1. The van der Waals surface area contributed by atoms with Gasteiger partial charge in [0.05, 0.1) is 12.3 Å². The Balaban J connectivity index is 2.16. The first-order valence-corrected chi connectivity index (χ1v) is 6.90. The van der Waals surface area contributed by atoms with Crippen molar-refractivity contribution in [1.82, 2.24) is 0 Å². The molecule has 1 heterocycles. The topological polar surface area (TPSA) is 66.8 Å². The second kappa shape index (κ2) is 6.41. The number of hydrogen-bond acceptors (Lipinski definition) is 3. The smallest absolute Gasteiger partial charge is 0.414 e. The van der Waals surface area contributed by atoms with Crippen LogP contribution in [0.3, 0.4) is 0 Å². The number of para-hydroxylation sites is 1. The first-order chi connectivity index (χ1) is 9.63. The number of carboxylic acid groups (broad SMARTS) is 1. The molecule has 1 aromatic rings. The molecule has 0 aliphatic carbocycles. The Kier molecular flexibility index (Phi) is 4.61. The quantitative estimate of drug-likeness (QED) is 0.898. The van der Waals surface area contributed by atoms with E-state index in [0.717, 1.165) is 23.2 Å². The Morgan fingerprint density at radius 3 is 2.90 bits per heavy atom. The van der Waals surface area contributed by atoms with Crippen molar-refractivity contribution in [3.8, 4) is 0 Å². The molecular weight excluding hydrogens is 258 g/mol. The summed E-state index contributed by atoms with van der Waals surface area (Å²) in [4.78, 5) is 24.2. The van der Waals surface area contributed by atoms with Crippen LogP contribution in [0.1, 0.15) is 30.9 Å². The Labute approximate surface area is 118 Å². The molecule has 0 spiro atoms. The zero-order valence-electron chi connectivity index (χ0n) is 11.6. The van der Waals surface area contributed by atoms with Gasteiger partial charge in [-0.2, -0.15) is 0 Å². The second-order valence-corrected chi connectivity index (χ2v) is 4.77. The van der Waals surface area contributed by atoms with Crippen LogP contribution in [0, 0.1) is 0 Å². The zero-order valence-corrected chi connectivity index (χ0v) is 11.6. The van der Waals surface area contributed by atoms with E-state index in [-0.39, 0.29) is 12.5 Å². The van der Waals surface area contributed by atoms with E-state index in [0.29, 0.717) is 26.0 Å². The van der Waals surface area contributed by atoms with Crippen molar-refractivity contribution < 1.29 is 19.4 Å². The van der Waals surface area contributed by atoms with Crippen LogP contribution >= 0.6 is 0 Å². The van der Waals surface area contributed by atoms with Crippen LogP contribution in [0.4, 0.5) is 10.5 Å². The molecule has 0 saturated carbocycles. The average molecular weight is 277 g/mol. The number of anilines is 1. The third kappa shape index (κ3) is 3.10. The highest BCUT2D eigenvalue weighted by molar-refractivity contribution is 5.91. The molecule has 0 atom stereocenters. The molecule has 0 saturated heterocycles. The number of rotatable bonds is 5. The number of carbonyl (C=O) groups excluding carboxylic acids is 1. The number of hydrogen-bond donors (Lipinski definition) is 1. The van der Waals surface area contributed by atoms with Crippen molar-refractivity contribution in [3.05, 3.63) is 29.3 Å². The summed E-state index contributed by atoms with van der Waals surface area (Å²) in [5.74, 6) is -0.792. The fourth-order valence-corrected chi connectivity index (χ4v) is 2.55. The number of carboxylic acids is 1. The highest BCUT2D eigenvalue weighted by Gasteiger charge is 2.27. The molecule has 5 nitrogen and oxygen atoms in total. The maximum absolute atomic E-state index is 12.0. The van der Waals surface area contributed by atoms with Crippen LogP contribution in [0.15, 0.2) is 18.2 Å². The molecule has 1 N–H and O–H groups in total. The van der Waals surface area contributed by atoms with Crippen LogP contribution in [0.2, 0.25) is 0 Å². The number of aliphatic carboxylic acids is 1. The van der Waals surface area contributed by atoms with Crippen LogP contribution in [0.25, 0.3) is 0 Å². The fourth-order valence-electron chi connectivity index (χ4n) is 2.55. The minimum atomic E-state index is -0.792. The van der Waals surface area contributed by atoms with Gasteiger partial charge in [-0.25, -0.2) is 4.79 Å². The second-order valence-electron chi connectivity index (χ2n) is 4.77. The fraction of sp³-hybridized carbons (Fsp3) is 0.467. The molecule has 0 aromatic heterocycles. The van der Waals surface area contributed by atoms with Crippen LogP contribution in [-0.4, -0.2) is 30.3 Å². The molecule has 1 aromatic carbocycles. The number of amides is 1. The minimum absolute atomic E-state index is 0.142. The standard InChI is InChI=1S/C15H19NO4/c1-2-20-15(19)16-10-9-12-6-3-5-11(14(12)16)7-4-8-13(17)18/h3,5-6H,2,4,7-10H2,1H3,(H,17,18). The van der Waals surface area contributed by atoms with Gasteiger partial charge in [0.25, 0.3) is 0 Å². The molecule has 108 valence electrons. The Morgan fingerprint density at radius 1 is 1.40 bits per heavy atom. The summed E-state index contributed by atoms with van der Waals surface area (Å²) in [5.41, 5.74) is 3.07. The highest BCUT2D eigenvalue weighted by atomic mass is 16.6. The lowest BCUT2D eigenvalue weighted by atomic mass is 10.0. The number of benzene rings is 1. The van der Waals surface area contributed by atoms with E-state index in [9.17, 15) is 9.59 Å². The van der Waals surface area contributed by atoms with Gasteiger partial charge in [-0.1, -0.05) is 18.2 Å². The van der Waals surface area contributed by atoms with Crippen LogP contribution < -0.4 is 4.90 Å². The zero-order chi connectivity index (χ0) is 14.5. The predicted molar refractivity (Wildman–Crippen MR) is 75.1 cm³/mol. The van der Waals surface area contributed by atoms with E-state index in [1.807, 2.05) is 18.2 Å². The maximum atomic E-state index is 12.0. The number of nitrogens with zero attached hydrogens (tertiary/aromatic N) is 1. The van der Waals surface area contributed by atoms with Gasteiger partial charge >= 0.3 is 12.1 Å². The summed E-state index contributed by atoms with van der Waals surface area (Å²) in [7, 11) is 0. The molecule has 5 heteroatoms. The van der Waals surface area contributed by atoms with Crippen molar-refractivity contribution in [2.24, 2.45) is 0 Å². The van der Waals surface area contributed by atoms with Gasteiger partial charge in [0.2, 0.25) is 0 Å². The van der Waals surface area contributed by atoms with Gasteiger partial charge in [-0.3, -0.25) is 9.69 Å². The SMILES string of the molecule is CCOC(=O)N1CCc2cccc(CCCC(=O)O)c21. The first-order valence-electron chi connectivity index (χ1n) is 6.90. The van der Waals surface area contributed by atoms with Crippen molar-refractivity contribution in [2.75, 3.05) is 18.1 Å². The van der Waals surface area contributed by atoms with Gasteiger partial charge in [-0.05, 0) is 37.3 Å². The Bertz CT molecular complexity index is 513. The lowest BCUT2D eigenvalue weighted by Gasteiger charge is -2.19. The van der Waals surface area contributed by atoms with E-state index < -0.39 is 5.97 Å². The van der Waals surface area contributed by atoms with Gasteiger partial charge in [0, 0.05) is 13.0 Å². The largest absolute Gasteiger partial charge is 0.481 e. The summed E-state index contributed by atoms with van der Waals surface area (Å²) in [6, 6.07) is 5.93. The van der Waals surface area contributed by atoms with Crippen molar-refractivity contribution in [3.63, 3.8) is 0 Å². The van der Waals surface area contributed by atoms with Gasteiger partial charge in [0.15, 0.2) is 0 Å². The molecule has 1 amide bonds. The lowest BCUT2D eigenvalue weighted by molar-refractivity contribution is -0.137. The van der Waals surface area contributed by atoms with E-state index in [1.54, 1.807) is 11.8 Å². The van der Waals surface area contributed by atoms with Crippen LogP contribution in [-0.2, 0) is 22.4 Å². The summed E-state index contributed by atoms with van der Waals surface area (Å²) in [6.45, 7) is 2.77. The minimum Gasteiger partial charge on any atom is -0.481 e. The van der Waals surface area contributed by atoms with E-state index >= 15 is 0 Å². The molecule has 20 heavy (non-hydrogen) atoms. The molecule has 0 fully saturated rings. The van der Waals surface area contributed by atoms with Crippen LogP contribution in [0.5, 0.6) is 0 Å². The van der Waals surface area contributed by atoms with E-state index in [4.69, 9.17) is 9.84 Å². The summed E-state index contributed by atoms with van der Waals surface area (Å²) in [6.07, 6.45) is 1.87. The number of carbonyl (C=O) groups is 2. The monoisotopic (exact) mass is 277 g/mol. The van der Waals surface area contributed by atoms with Gasteiger partial charge < -0.3 is 9.84 Å². The maximum Gasteiger partial charge on any atom is 0.414 e. The van der Waals surface area contributed by atoms with Crippen molar-refractivity contribution >= 4 is 17.7 Å². The normalized spacial score (nSPS) is 13.2. The first kappa shape index (κ1) is 14.4. The molecular formula is C15H19NO4. The molecule has 0 unspecified atom stereocenters. The molecule has 0 radical (unpaired) electrons. The average Bonchev–Trinajstić information content (AvgIpc) is 2.83. The number of aryl methyl sites for hydroxylation is 1. The predicted octanol–water partition coefficient (Wildman–Crippen LogP) is 2.61. The summed E-state index contributed by atoms with van der Waals surface area (Å²) < 4.78 is 5.07. The van der Waals surface area contributed by atoms with E-state index in [1.165, 1.54) is 0 Å². The highest BCUT2D eigenvalue weighted by Crippen LogP contribution is 2.33. The number of ether oxygens (including phenoxy) is 1. The van der Waals surface area contributed by atoms with Gasteiger partial charge in [-0.15, -0.1) is 0 Å². The van der Waals surface area contributed by atoms with Gasteiger partial charge in [0.1, 0.15) is 0 Å². The Hall–Kier alpha value is -2.04. The van der Waals surface area contributed by atoms with Crippen molar-refractivity contribution in [2.45, 2.75) is 32.6 Å². The third-order valence-corrected chi connectivity index (χ3v) is 3.40. The van der Waals surface area contributed by atoms with Crippen molar-refractivity contribution in [1.29, 1.82) is 0 Å². The third-order valence-electron chi connectivity index (χ3n) is 3.40. The Morgan fingerprint density at radius 2 is 2.20 bits per heavy atom. The molecule has 2 rings (SSSR count). The molecule has 0 bridgehead atoms. The van der Waals surface area contributed by atoms with E-state index in [2.05, 4.69) is 0 Å². The molecule has 1 aliphatic heterocycles. The molecule has 1 aliphatic rings. The summed E-state index contributed by atoms with van der Waals surface area (Å²) in [5, 5.41) is 8.71. The summed E-state index contributed by atoms with van der Waals surface area (Å²) >= 11 is 0. The lowest BCUT2D eigenvalue weighted by Crippen LogP contribution is -2.30.